The number of amides is 2. The lowest BCUT2D eigenvalue weighted by Crippen LogP contribution is -2.33. The zero-order valence-corrected chi connectivity index (χ0v) is 12.3. The highest BCUT2D eigenvalue weighted by atomic mass is 19.1. The summed E-state index contributed by atoms with van der Waals surface area (Å²) in [6, 6.07) is 15.1. The lowest BCUT2D eigenvalue weighted by atomic mass is 10.1. The molecular formula is C18H15FN2O2. The van der Waals surface area contributed by atoms with Crippen molar-refractivity contribution in [1.82, 2.24) is 5.32 Å². The van der Waals surface area contributed by atoms with Gasteiger partial charge in [-0.05, 0) is 36.2 Å². The molecule has 2 aromatic rings. The van der Waals surface area contributed by atoms with Crippen molar-refractivity contribution in [1.29, 1.82) is 0 Å². The van der Waals surface area contributed by atoms with E-state index in [0.717, 1.165) is 16.9 Å². The SMILES string of the molecule is O=C1C=C(NCCc2ccccc2)C(=O)N1c1ccc(F)cc1. The molecule has 0 bridgehead atoms. The van der Waals surface area contributed by atoms with Crippen LogP contribution in [-0.2, 0) is 16.0 Å². The van der Waals surface area contributed by atoms with Crippen LogP contribution in [0.15, 0.2) is 66.4 Å². The number of benzene rings is 2. The second-order valence-electron chi connectivity index (χ2n) is 5.18. The molecule has 1 aliphatic rings. The number of carbonyl (C=O) groups is 2. The highest BCUT2D eigenvalue weighted by Gasteiger charge is 2.32. The van der Waals surface area contributed by atoms with E-state index in [0.29, 0.717) is 12.2 Å². The van der Waals surface area contributed by atoms with Crippen LogP contribution in [0, 0.1) is 5.82 Å². The predicted molar refractivity (Wildman–Crippen MR) is 85.1 cm³/mol. The van der Waals surface area contributed by atoms with Gasteiger partial charge in [-0.3, -0.25) is 9.59 Å². The maximum absolute atomic E-state index is 13.0. The lowest BCUT2D eigenvalue weighted by Gasteiger charge is -2.15. The number of nitrogens with zero attached hydrogens (tertiary/aromatic N) is 1. The van der Waals surface area contributed by atoms with E-state index in [1.165, 1.54) is 30.3 Å². The number of rotatable bonds is 5. The van der Waals surface area contributed by atoms with Gasteiger partial charge in [0, 0.05) is 12.6 Å². The Hall–Kier alpha value is -2.95. The first-order valence-corrected chi connectivity index (χ1v) is 7.28. The molecule has 2 aromatic carbocycles. The number of anilines is 1. The maximum atomic E-state index is 13.0. The first-order chi connectivity index (χ1) is 11.1. The fourth-order valence-corrected chi connectivity index (χ4v) is 2.42. The highest BCUT2D eigenvalue weighted by Crippen LogP contribution is 2.21. The molecule has 23 heavy (non-hydrogen) atoms. The van der Waals surface area contributed by atoms with Gasteiger partial charge in [0.2, 0.25) is 0 Å². The molecule has 0 unspecified atom stereocenters. The molecule has 0 atom stereocenters. The standard InChI is InChI=1S/C18H15FN2O2/c19-14-6-8-15(9-7-14)21-17(22)12-16(18(21)23)20-11-10-13-4-2-1-3-5-13/h1-9,12,20H,10-11H2. The molecule has 3 rings (SSSR count). The van der Waals surface area contributed by atoms with Crippen molar-refractivity contribution in [2.75, 3.05) is 11.4 Å². The minimum atomic E-state index is -0.427. The third-order valence-electron chi connectivity index (χ3n) is 3.58. The van der Waals surface area contributed by atoms with Gasteiger partial charge >= 0.3 is 0 Å². The van der Waals surface area contributed by atoms with Crippen molar-refractivity contribution in [3.8, 4) is 0 Å². The summed E-state index contributed by atoms with van der Waals surface area (Å²) in [5.74, 6) is -1.26. The van der Waals surface area contributed by atoms with E-state index in [4.69, 9.17) is 0 Å². The average molecular weight is 310 g/mol. The zero-order valence-electron chi connectivity index (χ0n) is 12.3. The van der Waals surface area contributed by atoms with E-state index < -0.39 is 17.6 Å². The minimum Gasteiger partial charge on any atom is -0.380 e. The molecule has 2 amide bonds. The first kappa shape index (κ1) is 15.0. The Morgan fingerprint density at radius 1 is 0.957 bits per heavy atom. The van der Waals surface area contributed by atoms with Crippen LogP contribution in [0.25, 0.3) is 0 Å². The number of hydrogen-bond donors (Lipinski definition) is 1. The van der Waals surface area contributed by atoms with Gasteiger partial charge in [-0.2, -0.15) is 0 Å². The van der Waals surface area contributed by atoms with E-state index in [-0.39, 0.29) is 5.70 Å². The fourth-order valence-electron chi connectivity index (χ4n) is 2.42. The molecule has 0 saturated heterocycles. The second-order valence-corrected chi connectivity index (χ2v) is 5.18. The molecule has 0 aromatic heterocycles. The number of hydrogen-bond acceptors (Lipinski definition) is 3. The summed E-state index contributed by atoms with van der Waals surface area (Å²) < 4.78 is 13.0. The summed E-state index contributed by atoms with van der Waals surface area (Å²) in [5.41, 5.74) is 1.76. The van der Waals surface area contributed by atoms with Gasteiger partial charge in [0.1, 0.15) is 11.5 Å². The van der Waals surface area contributed by atoms with E-state index in [9.17, 15) is 14.0 Å². The molecular weight excluding hydrogens is 295 g/mol. The Morgan fingerprint density at radius 3 is 2.35 bits per heavy atom. The van der Waals surface area contributed by atoms with Gasteiger partial charge in [0.05, 0.1) is 5.69 Å². The van der Waals surface area contributed by atoms with Crippen molar-refractivity contribution in [2.45, 2.75) is 6.42 Å². The molecule has 1 aliphatic heterocycles. The second kappa shape index (κ2) is 6.44. The summed E-state index contributed by atoms with van der Waals surface area (Å²) in [4.78, 5) is 25.4. The van der Waals surface area contributed by atoms with Gasteiger partial charge in [0.15, 0.2) is 0 Å². The Balaban J connectivity index is 1.63. The molecule has 0 spiro atoms. The molecule has 4 nitrogen and oxygen atoms in total. The van der Waals surface area contributed by atoms with Crippen LogP contribution in [0.5, 0.6) is 0 Å². The molecule has 1 N–H and O–H groups in total. The zero-order chi connectivity index (χ0) is 16.2. The molecule has 1 heterocycles. The summed E-state index contributed by atoms with van der Waals surface area (Å²) in [6.45, 7) is 0.548. The highest BCUT2D eigenvalue weighted by molar-refractivity contribution is 6.30. The topological polar surface area (TPSA) is 49.4 Å². The Labute approximate surface area is 133 Å². The maximum Gasteiger partial charge on any atom is 0.281 e. The summed E-state index contributed by atoms with van der Waals surface area (Å²) in [6.07, 6.45) is 2.02. The number of imide groups is 1. The Bertz CT molecular complexity index is 754. The summed E-state index contributed by atoms with van der Waals surface area (Å²) in [5, 5.41) is 3.00. The monoisotopic (exact) mass is 310 g/mol. The van der Waals surface area contributed by atoms with Crippen LogP contribution >= 0.6 is 0 Å². The van der Waals surface area contributed by atoms with Crippen LogP contribution in [0.1, 0.15) is 5.56 Å². The van der Waals surface area contributed by atoms with Gasteiger partial charge < -0.3 is 5.32 Å². The summed E-state index contributed by atoms with van der Waals surface area (Å²) in [7, 11) is 0. The molecule has 116 valence electrons. The van der Waals surface area contributed by atoms with Gasteiger partial charge in [0.25, 0.3) is 11.8 Å². The molecule has 5 heteroatoms. The Kier molecular flexibility index (Phi) is 4.19. The van der Waals surface area contributed by atoms with Gasteiger partial charge in [-0.25, -0.2) is 9.29 Å². The van der Waals surface area contributed by atoms with Crippen LogP contribution in [0.4, 0.5) is 10.1 Å². The van der Waals surface area contributed by atoms with Crippen LogP contribution < -0.4 is 10.2 Å². The molecule has 0 fully saturated rings. The third-order valence-corrected chi connectivity index (χ3v) is 3.58. The fraction of sp³-hybridized carbons (Fsp3) is 0.111. The summed E-state index contributed by atoms with van der Waals surface area (Å²) >= 11 is 0. The van der Waals surface area contributed by atoms with Crippen molar-refractivity contribution < 1.29 is 14.0 Å². The average Bonchev–Trinajstić information content (AvgIpc) is 2.84. The predicted octanol–water partition coefficient (Wildman–Crippen LogP) is 2.42. The molecule has 0 radical (unpaired) electrons. The van der Waals surface area contributed by atoms with Crippen molar-refractivity contribution >= 4 is 17.5 Å². The van der Waals surface area contributed by atoms with Gasteiger partial charge in [-0.15, -0.1) is 0 Å². The van der Waals surface area contributed by atoms with E-state index >= 15 is 0 Å². The number of carbonyl (C=O) groups excluding carboxylic acids is 2. The number of nitrogens with one attached hydrogen (secondary N) is 1. The first-order valence-electron chi connectivity index (χ1n) is 7.28. The smallest absolute Gasteiger partial charge is 0.281 e. The van der Waals surface area contributed by atoms with Crippen LogP contribution in [0.2, 0.25) is 0 Å². The Morgan fingerprint density at radius 2 is 1.65 bits per heavy atom. The van der Waals surface area contributed by atoms with E-state index in [1.54, 1.807) is 0 Å². The minimum absolute atomic E-state index is 0.259. The van der Waals surface area contributed by atoms with Crippen molar-refractivity contribution in [3.63, 3.8) is 0 Å². The van der Waals surface area contributed by atoms with Crippen molar-refractivity contribution in [3.05, 3.63) is 77.8 Å². The quantitative estimate of drug-likeness (QED) is 0.863. The molecule has 0 saturated carbocycles. The third kappa shape index (κ3) is 3.29. The molecule has 0 aliphatic carbocycles. The van der Waals surface area contributed by atoms with Crippen LogP contribution in [-0.4, -0.2) is 18.4 Å². The normalized spacial score (nSPS) is 14.1. The van der Waals surface area contributed by atoms with Gasteiger partial charge in [-0.1, -0.05) is 30.3 Å². The largest absolute Gasteiger partial charge is 0.380 e. The van der Waals surface area contributed by atoms with Crippen molar-refractivity contribution in [2.24, 2.45) is 0 Å². The van der Waals surface area contributed by atoms with Crippen LogP contribution in [0.3, 0.4) is 0 Å². The number of halogens is 1. The van der Waals surface area contributed by atoms with E-state index in [2.05, 4.69) is 5.32 Å². The van der Waals surface area contributed by atoms with E-state index in [1.807, 2.05) is 30.3 Å². The lowest BCUT2D eigenvalue weighted by molar-refractivity contribution is -0.120.